The number of rotatable bonds is 14. The molecule has 0 atom stereocenters. The number of amides is 12. The number of fused-ring (bicyclic) bond motifs is 4. The number of hydrogen-bond acceptors (Lipinski definition) is 18. The Labute approximate surface area is 485 Å². The molecule has 87 heavy (non-hydrogen) atoms. The Bertz CT molecular complexity index is 4320. The van der Waals surface area contributed by atoms with Crippen molar-refractivity contribution in [3.8, 4) is 23.0 Å². The van der Waals surface area contributed by atoms with Crippen LogP contribution in [0.4, 0.5) is 0 Å². The molecule has 0 radical (unpaired) electrons. The summed E-state index contributed by atoms with van der Waals surface area (Å²) in [5.41, 5.74) is -1.36. The van der Waals surface area contributed by atoms with E-state index in [1.807, 2.05) is 24.3 Å². The van der Waals surface area contributed by atoms with Crippen molar-refractivity contribution in [2.45, 2.75) is 32.6 Å². The van der Waals surface area contributed by atoms with E-state index in [1.54, 1.807) is 36.4 Å². The van der Waals surface area contributed by atoms with Crippen molar-refractivity contribution in [2.75, 3.05) is 13.3 Å². The van der Waals surface area contributed by atoms with Crippen LogP contribution in [0, 0.1) is 0 Å². The molecule has 0 unspecified atom stereocenters. The van der Waals surface area contributed by atoms with Gasteiger partial charge in [0.25, 0.3) is 93.1 Å². The fraction of sp³-hybridized carbons (Fsp3) is 0.115. The molecule has 12 amide bonds. The van der Waals surface area contributed by atoms with E-state index in [2.05, 4.69) is 13.8 Å². The smallest absolute Gasteiger partial charge is 0.263 e. The van der Waals surface area contributed by atoms with Crippen molar-refractivity contribution in [3.63, 3.8) is 0 Å². The topological polar surface area (TPSA) is 321 Å². The van der Waals surface area contributed by atoms with Crippen LogP contribution in [0.2, 0.25) is 0 Å². The third kappa shape index (κ3) is 9.34. The second kappa shape index (κ2) is 20.6. The van der Waals surface area contributed by atoms with E-state index in [1.165, 1.54) is 24.3 Å². The Balaban J connectivity index is 0.000000195. The zero-order chi connectivity index (χ0) is 61.7. The maximum absolute atomic E-state index is 13.1. The number of hydrogen-bond donors (Lipinski definition) is 0. The molecular formula is C61H38N8O18. The highest BCUT2D eigenvalue weighted by Crippen LogP contribution is 2.37. The summed E-state index contributed by atoms with van der Waals surface area (Å²) >= 11 is 0. The Hall–Kier alpha value is -12.2. The highest BCUT2D eigenvalue weighted by molar-refractivity contribution is 6.23. The lowest BCUT2D eigenvalue weighted by molar-refractivity contribution is -0.140. The second-order valence-corrected chi connectivity index (χ2v) is 20.7. The van der Waals surface area contributed by atoms with Gasteiger partial charge in [-0.05, 0) is 83.9 Å². The molecule has 6 aliphatic heterocycles. The van der Waals surface area contributed by atoms with Crippen LogP contribution in [0.25, 0.3) is 21.5 Å². The normalized spacial score (nSPS) is 16.3. The van der Waals surface area contributed by atoms with Gasteiger partial charge in [0.1, 0.15) is 49.7 Å². The number of aromatic nitrogens is 2. The predicted octanol–water partition coefficient (Wildman–Crippen LogP) is 2.23. The minimum absolute atomic E-state index is 0.106. The van der Waals surface area contributed by atoms with Crippen molar-refractivity contribution in [3.05, 3.63) is 220 Å². The van der Waals surface area contributed by atoms with Crippen LogP contribution in [-0.2, 0) is 57.1 Å². The van der Waals surface area contributed by atoms with Crippen LogP contribution in [0.5, 0.6) is 23.0 Å². The van der Waals surface area contributed by atoms with E-state index >= 15 is 0 Å². The fourth-order valence-corrected chi connectivity index (χ4v) is 10.4. The van der Waals surface area contributed by atoms with Gasteiger partial charge in [0.15, 0.2) is 0 Å². The summed E-state index contributed by atoms with van der Waals surface area (Å²) in [6.45, 7) is 1.94. The molecule has 0 aliphatic carbocycles. The number of carbonyl (C=O) groups excluding carboxylic acids is 12. The largest absolute Gasteiger partial charge is 0.457 e. The average Bonchev–Trinajstić information content (AvgIpc) is 2.68. The fourth-order valence-electron chi connectivity index (χ4n) is 10.4. The number of imide groups is 6. The molecule has 0 N–H and O–H groups in total. The lowest BCUT2D eigenvalue weighted by Gasteiger charge is -2.26. The molecule has 13 rings (SSSR count). The van der Waals surface area contributed by atoms with Crippen LogP contribution in [-0.4, -0.2) is 123 Å². The first-order chi connectivity index (χ1) is 41.5. The Morgan fingerprint density at radius 3 is 0.828 bits per heavy atom. The first-order valence-corrected chi connectivity index (χ1v) is 26.1. The van der Waals surface area contributed by atoms with Crippen molar-refractivity contribution in [1.82, 2.24) is 38.5 Å². The molecule has 430 valence electrons. The third-order valence-electron chi connectivity index (χ3n) is 15.3. The summed E-state index contributed by atoms with van der Waals surface area (Å²) in [5, 5.41) is -0.671. The van der Waals surface area contributed by atoms with Crippen molar-refractivity contribution < 1.29 is 67.0 Å². The molecule has 7 aromatic rings. The van der Waals surface area contributed by atoms with Crippen LogP contribution in [0.3, 0.4) is 0 Å². The zero-order valence-corrected chi connectivity index (χ0v) is 45.1. The minimum Gasteiger partial charge on any atom is -0.457 e. The molecule has 0 spiro atoms. The molecule has 8 heterocycles. The predicted molar refractivity (Wildman–Crippen MR) is 298 cm³/mol. The average molecular weight is 1170 g/mol. The first-order valence-electron chi connectivity index (χ1n) is 26.1. The van der Waals surface area contributed by atoms with Gasteiger partial charge in [-0.25, -0.2) is 0 Å². The SMILES string of the molecule is CC(C)(c1ccc(Oc2ccc3c(c2)C(=O)N(CN2C(=O)C=CC2=O)C3=O)cc1)c1ccc(Oc2ccc3c(c2)C(=O)N(CN2C(=O)C=CC2=O)C3=O)cc1.O=C1C=CC(=O)N1Cn1c(=O)c2cc3c(=O)n(CN4C(=O)C=CC4=O)c(=O)c3cc2c1=O. The minimum atomic E-state index is -0.840. The highest BCUT2D eigenvalue weighted by Gasteiger charge is 2.41. The van der Waals surface area contributed by atoms with Crippen LogP contribution in [0.1, 0.15) is 66.4 Å². The van der Waals surface area contributed by atoms with Gasteiger partial charge in [0.05, 0.1) is 43.8 Å². The molecule has 0 bridgehead atoms. The molecule has 0 saturated carbocycles. The molecule has 5 aromatic carbocycles. The van der Waals surface area contributed by atoms with Gasteiger partial charge in [-0.1, -0.05) is 38.1 Å². The number of benzene rings is 5. The maximum Gasteiger partial charge on any atom is 0.263 e. The second-order valence-electron chi connectivity index (χ2n) is 20.7. The third-order valence-corrected chi connectivity index (χ3v) is 15.3. The molecule has 26 heteroatoms. The molecule has 0 saturated heterocycles. The van der Waals surface area contributed by atoms with Gasteiger partial charge in [-0.3, -0.25) is 115 Å². The summed E-state index contributed by atoms with van der Waals surface area (Å²) in [4.78, 5) is 203. The van der Waals surface area contributed by atoms with Gasteiger partial charge < -0.3 is 9.47 Å². The van der Waals surface area contributed by atoms with E-state index in [9.17, 15) is 76.7 Å². The van der Waals surface area contributed by atoms with E-state index in [-0.39, 0.29) is 43.8 Å². The molecule has 2 aromatic heterocycles. The lowest BCUT2D eigenvalue weighted by Crippen LogP contribution is -2.43. The quantitative estimate of drug-likeness (QED) is 0.141. The van der Waals surface area contributed by atoms with E-state index in [0.29, 0.717) is 41.9 Å². The summed E-state index contributed by atoms with van der Waals surface area (Å²) in [6.07, 6.45) is 8.36. The Kier molecular flexibility index (Phi) is 13.1. The molecule has 26 nitrogen and oxygen atoms in total. The van der Waals surface area contributed by atoms with Gasteiger partial charge >= 0.3 is 0 Å². The summed E-state index contributed by atoms with van der Waals surface area (Å²) in [6, 6.07) is 26.0. The first kappa shape index (κ1) is 55.3. The van der Waals surface area contributed by atoms with Gasteiger partial charge in [-0.15, -0.1) is 0 Å². The molecule has 0 fully saturated rings. The van der Waals surface area contributed by atoms with Gasteiger partial charge in [0.2, 0.25) is 0 Å². The summed E-state index contributed by atoms with van der Waals surface area (Å²) in [5.74, 6) is -6.01. The summed E-state index contributed by atoms with van der Waals surface area (Å²) < 4.78 is 13.4. The van der Waals surface area contributed by atoms with Crippen molar-refractivity contribution in [1.29, 1.82) is 0 Å². The standard InChI is InChI=1S/C41H28N4O10.C20H10N4O8/c1-41(2,23-3-7-25(8-4-23)54-27-11-13-29-31(19-27)39(52)44(37(29)50)21-42-33(46)15-16-34(42)47)24-5-9-26(10-6-24)55-28-12-14-30-32(20-28)40(53)45(38(30)51)22-43-35(48)17-18-36(43)49;25-13-1-2-14(26)21(13)7-23-17(29)9-5-11-12(6-10(9)18(23)30)20(32)24(19(11)31)8-22-15(27)3-4-16(22)28/h3-20H,21-22H2,1-2H3;1-6H,7-8H2. The number of nitrogens with zero attached hydrogens (tertiary/aromatic N) is 8. The van der Waals surface area contributed by atoms with Crippen LogP contribution >= 0.6 is 0 Å². The lowest BCUT2D eigenvalue weighted by atomic mass is 9.78. The Morgan fingerprint density at radius 1 is 0.287 bits per heavy atom. The number of carbonyl (C=O) groups is 12. The van der Waals surface area contributed by atoms with E-state index in [4.69, 9.17) is 9.47 Å². The summed E-state index contributed by atoms with van der Waals surface area (Å²) in [7, 11) is 0. The monoisotopic (exact) mass is 1170 g/mol. The van der Waals surface area contributed by atoms with E-state index in [0.717, 1.165) is 91.5 Å². The van der Waals surface area contributed by atoms with E-state index < -0.39 is 125 Å². The van der Waals surface area contributed by atoms with Crippen molar-refractivity contribution in [2.24, 2.45) is 0 Å². The molecular weight excluding hydrogens is 1130 g/mol. The maximum atomic E-state index is 13.1. The highest BCUT2D eigenvalue weighted by atomic mass is 16.5. The van der Waals surface area contributed by atoms with Gasteiger partial charge in [0, 0.05) is 54.0 Å². The Morgan fingerprint density at radius 2 is 0.540 bits per heavy atom. The van der Waals surface area contributed by atoms with Crippen LogP contribution in [0.15, 0.2) is 165 Å². The zero-order valence-electron chi connectivity index (χ0n) is 45.1. The molecule has 6 aliphatic rings. The number of ether oxygens (including phenoxy) is 2. The van der Waals surface area contributed by atoms with Crippen LogP contribution < -0.4 is 31.7 Å². The van der Waals surface area contributed by atoms with Crippen molar-refractivity contribution >= 4 is 92.4 Å². The van der Waals surface area contributed by atoms with Gasteiger partial charge in [-0.2, -0.15) is 0 Å².